The first-order valence-corrected chi connectivity index (χ1v) is 9.15. The first-order chi connectivity index (χ1) is 11.8. The topological polar surface area (TPSA) is 66.8 Å². The molecule has 3 unspecified atom stereocenters. The molecule has 2 N–H and O–H groups in total. The van der Waals surface area contributed by atoms with Crippen LogP contribution in [0.5, 0.6) is 0 Å². The molecule has 1 aliphatic carbocycles. The maximum absolute atomic E-state index is 11.9. The largest absolute Gasteiger partial charge is 0.486 e. The summed E-state index contributed by atoms with van der Waals surface area (Å²) in [6.45, 7) is 8.15. The van der Waals surface area contributed by atoms with Crippen molar-refractivity contribution in [2.45, 2.75) is 71.5 Å². The molecule has 4 nitrogen and oxygen atoms in total. The molecule has 1 heterocycles. The highest BCUT2D eigenvalue weighted by molar-refractivity contribution is 5.93. The number of rotatable bonds is 7. The highest BCUT2D eigenvalue weighted by Gasteiger charge is 2.40. The molecule has 0 saturated carbocycles. The third-order valence-corrected chi connectivity index (χ3v) is 4.77. The highest BCUT2D eigenvalue weighted by Crippen LogP contribution is 2.41. The number of carboxylic acids is 1. The van der Waals surface area contributed by atoms with Crippen LogP contribution in [0, 0.1) is 5.92 Å². The molecule has 1 aliphatic heterocycles. The number of carboxylic acid groups (broad SMARTS) is 1. The van der Waals surface area contributed by atoms with Gasteiger partial charge in [-0.05, 0) is 58.1 Å². The van der Waals surface area contributed by atoms with Crippen LogP contribution in [0.1, 0.15) is 59.8 Å². The van der Waals surface area contributed by atoms with Gasteiger partial charge in [0.2, 0.25) is 0 Å². The second-order valence-electron chi connectivity index (χ2n) is 7.45. The summed E-state index contributed by atoms with van der Waals surface area (Å²) in [4.78, 5) is 11.9. The van der Waals surface area contributed by atoms with Gasteiger partial charge in [0, 0.05) is 0 Å². The van der Waals surface area contributed by atoms with E-state index in [0.29, 0.717) is 17.8 Å². The minimum absolute atomic E-state index is 0.233. The van der Waals surface area contributed by atoms with Crippen molar-refractivity contribution in [2.24, 2.45) is 5.92 Å². The van der Waals surface area contributed by atoms with Crippen molar-refractivity contribution < 1.29 is 19.7 Å². The van der Waals surface area contributed by atoms with E-state index in [-0.39, 0.29) is 5.57 Å². The zero-order valence-electron chi connectivity index (χ0n) is 15.7. The molecule has 0 bridgehead atoms. The molecule has 138 valence electrons. The second-order valence-corrected chi connectivity index (χ2v) is 7.45. The molecule has 3 atom stereocenters. The fourth-order valence-electron chi connectivity index (χ4n) is 3.48. The van der Waals surface area contributed by atoms with Crippen LogP contribution in [0.2, 0.25) is 0 Å². The van der Waals surface area contributed by atoms with E-state index in [0.717, 1.165) is 25.7 Å². The fraction of sp³-hybridized carbons (Fsp3) is 0.571. The van der Waals surface area contributed by atoms with Gasteiger partial charge in [-0.15, -0.1) is 0 Å². The molecule has 0 aromatic carbocycles. The van der Waals surface area contributed by atoms with Crippen LogP contribution in [0.3, 0.4) is 0 Å². The SMILES string of the molecule is CCCC1=CC(O)C2C=CC(C)(CCCC=C(C)C)OC2=C1C(=O)O. The summed E-state index contributed by atoms with van der Waals surface area (Å²) in [5.74, 6) is -0.968. The molecule has 0 radical (unpaired) electrons. The van der Waals surface area contributed by atoms with Gasteiger partial charge in [-0.2, -0.15) is 0 Å². The normalized spacial score (nSPS) is 28.1. The monoisotopic (exact) mass is 346 g/mol. The Bertz CT molecular complexity index is 634. The summed E-state index contributed by atoms with van der Waals surface area (Å²) in [7, 11) is 0. The summed E-state index contributed by atoms with van der Waals surface area (Å²) < 4.78 is 6.20. The number of hydrogen-bond donors (Lipinski definition) is 2. The van der Waals surface area contributed by atoms with Crippen molar-refractivity contribution in [3.05, 3.63) is 46.8 Å². The van der Waals surface area contributed by atoms with E-state index in [1.807, 2.05) is 26.0 Å². The van der Waals surface area contributed by atoms with Gasteiger partial charge < -0.3 is 14.9 Å². The predicted molar refractivity (Wildman–Crippen MR) is 99.1 cm³/mol. The molecular weight excluding hydrogens is 316 g/mol. The summed E-state index contributed by atoms with van der Waals surface area (Å²) in [5.41, 5.74) is 1.68. The van der Waals surface area contributed by atoms with E-state index in [2.05, 4.69) is 19.9 Å². The molecule has 0 aromatic rings. The number of aliphatic carboxylic acids is 1. The van der Waals surface area contributed by atoms with Gasteiger partial charge in [0.1, 0.15) is 16.9 Å². The maximum Gasteiger partial charge on any atom is 0.339 e. The number of hydrogen-bond acceptors (Lipinski definition) is 3. The third kappa shape index (κ3) is 4.63. The van der Waals surface area contributed by atoms with Crippen molar-refractivity contribution in [3.63, 3.8) is 0 Å². The molecule has 25 heavy (non-hydrogen) atoms. The average molecular weight is 346 g/mol. The average Bonchev–Trinajstić information content (AvgIpc) is 2.51. The molecule has 0 spiro atoms. The van der Waals surface area contributed by atoms with E-state index in [1.165, 1.54) is 5.57 Å². The van der Waals surface area contributed by atoms with E-state index < -0.39 is 23.6 Å². The minimum Gasteiger partial charge on any atom is -0.486 e. The summed E-state index contributed by atoms with van der Waals surface area (Å²) in [6.07, 6.45) is 11.2. The molecule has 2 aliphatic rings. The van der Waals surface area contributed by atoms with Gasteiger partial charge in [0.15, 0.2) is 0 Å². The van der Waals surface area contributed by atoms with Gasteiger partial charge in [-0.1, -0.05) is 37.1 Å². The van der Waals surface area contributed by atoms with E-state index in [4.69, 9.17) is 4.74 Å². The van der Waals surface area contributed by atoms with Crippen molar-refractivity contribution >= 4 is 5.97 Å². The lowest BCUT2D eigenvalue weighted by Crippen LogP contribution is -2.38. The quantitative estimate of drug-likeness (QED) is 0.525. The molecular formula is C21H30O4. The number of carbonyl (C=O) groups is 1. The fourth-order valence-corrected chi connectivity index (χ4v) is 3.48. The first kappa shape index (κ1) is 19.5. The van der Waals surface area contributed by atoms with Crippen LogP contribution in [-0.4, -0.2) is 27.9 Å². The van der Waals surface area contributed by atoms with Gasteiger partial charge in [-0.3, -0.25) is 0 Å². The summed E-state index contributed by atoms with van der Waals surface area (Å²) in [6, 6.07) is 0. The Morgan fingerprint density at radius 3 is 2.72 bits per heavy atom. The third-order valence-electron chi connectivity index (χ3n) is 4.77. The lowest BCUT2D eigenvalue weighted by Gasteiger charge is -2.39. The number of ether oxygens (including phenoxy) is 1. The van der Waals surface area contributed by atoms with Crippen LogP contribution >= 0.6 is 0 Å². The number of aliphatic hydroxyl groups excluding tert-OH is 1. The molecule has 0 aromatic heterocycles. The van der Waals surface area contributed by atoms with Crippen LogP contribution in [0.25, 0.3) is 0 Å². The smallest absolute Gasteiger partial charge is 0.339 e. The Hall–Kier alpha value is -1.81. The van der Waals surface area contributed by atoms with Crippen LogP contribution in [-0.2, 0) is 9.53 Å². The number of unbranched alkanes of at least 4 members (excludes halogenated alkanes) is 1. The van der Waals surface area contributed by atoms with Crippen LogP contribution in [0.4, 0.5) is 0 Å². The van der Waals surface area contributed by atoms with Crippen molar-refractivity contribution in [3.8, 4) is 0 Å². The number of aliphatic hydroxyl groups is 1. The number of allylic oxidation sites excluding steroid dienone is 2. The Balaban J connectivity index is 2.27. The zero-order chi connectivity index (χ0) is 18.6. The Labute approximate surface area is 150 Å². The maximum atomic E-state index is 11.9. The molecule has 0 fully saturated rings. The lowest BCUT2D eigenvalue weighted by atomic mass is 9.81. The van der Waals surface area contributed by atoms with Crippen molar-refractivity contribution in [2.75, 3.05) is 0 Å². The molecule has 2 rings (SSSR count). The van der Waals surface area contributed by atoms with Crippen LogP contribution < -0.4 is 0 Å². The highest BCUT2D eigenvalue weighted by atomic mass is 16.5. The van der Waals surface area contributed by atoms with Gasteiger partial charge >= 0.3 is 5.97 Å². The van der Waals surface area contributed by atoms with E-state index in [9.17, 15) is 15.0 Å². The summed E-state index contributed by atoms with van der Waals surface area (Å²) >= 11 is 0. The van der Waals surface area contributed by atoms with Crippen LogP contribution in [0.15, 0.2) is 46.8 Å². The first-order valence-electron chi connectivity index (χ1n) is 9.15. The molecule has 4 heteroatoms. The van der Waals surface area contributed by atoms with Crippen molar-refractivity contribution in [1.29, 1.82) is 0 Å². The minimum atomic E-state index is -0.978. The lowest BCUT2D eigenvalue weighted by molar-refractivity contribution is -0.133. The van der Waals surface area contributed by atoms with Gasteiger partial charge in [0.25, 0.3) is 0 Å². The predicted octanol–water partition coefficient (Wildman–Crippen LogP) is 4.52. The molecule has 0 amide bonds. The molecule has 0 saturated heterocycles. The Morgan fingerprint density at radius 2 is 2.12 bits per heavy atom. The Morgan fingerprint density at radius 1 is 1.40 bits per heavy atom. The second kappa shape index (κ2) is 8.05. The zero-order valence-corrected chi connectivity index (χ0v) is 15.7. The standard InChI is InChI=1S/C21H30O4/c1-5-8-15-13-17(22)16-10-12-21(4,11-7-6-9-14(2)3)25-19(16)18(15)20(23)24/h9-10,12-13,16-17,22H,5-8,11H2,1-4H3,(H,23,24). The van der Waals surface area contributed by atoms with E-state index in [1.54, 1.807) is 6.08 Å². The Kier molecular flexibility index (Phi) is 6.28. The van der Waals surface area contributed by atoms with Crippen molar-refractivity contribution in [1.82, 2.24) is 0 Å². The summed E-state index contributed by atoms with van der Waals surface area (Å²) in [5, 5.41) is 20.1. The van der Waals surface area contributed by atoms with Gasteiger partial charge in [0.05, 0.1) is 12.0 Å². The van der Waals surface area contributed by atoms with Gasteiger partial charge in [-0.25, -0.2) is 4.79 Å². The van der Waals surface area contributed by atoms with E-state index >= 15 is 0 Å². The number of fused-ring (bicyclic) bond motifs is 1.